The average molecular weight is 365 g/mol. The van der Waals surface area contributed by atoms with E-state index in [1.54, 1.807) is 12.4 Å². The Bertz CT molecular complexity index is 914. The molecule has 0 saturated carbocycles. The van der Waals surface area contributed by atoms with Crippen LogP contribution in [0, 0.1) is 6.92 Å². The number of aryl methyl sites for hydroxylation is 1. The molecular weight excluding hydrogens is 342 g/mol. The van der Waals surface area contributed by atoms with Crippen LogP contribution in [0.2, 0.25) is 0 Å². The van der Waals surface area contributed by atoms with Crippen LogP contribution >= 0.6 is 0 Å². The lowest BCUT2D eigenvalue weighted by molar-refractivity contribution is 0.0703. The number of amides is 1. The summed E-state index contributed by atoms with van der Waals surface area (Å²) >= 11 is 0. The van der Waals surface area contributed by atoms with Gasteiger partial charge in [-0.2, -0.15) is 5.10 Å². The molecule has 0 N–H and O–H groups in total. The van der Waals surface area contributed by atoms with Gasteiger partial charge in [0.25, 0.3) is 5.91 Å². The first kappa shape index (κ1) is 17.4. The zero-order valence-electron chi connectivity index (χ0n) is 15.6. The Labute approximate surface area is 157 Å². The topological polar surface area (TPSA) is 81.7 Å². The second kappa shape index (κ2) is 7.30. The molecule has 1 atom stereocenters. The number of nitrogens with zero attached hydrogens (tertiary/aromatic N) is 7. The van der Waals surface area contributed by atoms with Crippen molar-refractivity contribution in [3.05, 3.63) is 59.7 Å². The molecule has 3 aromatic heterocycles. The van der Waals surface area contributed by atoms with Crippen molar-refractivity contribution in [1.82, 2.24) is 34.4 Å². The van der Waals surface area contributed by atoms with Crippen LogP contribution in [0.15, 0.2) is 36.8 Å². The number of hydrogen-bond donors (Lipinski definition) is 0. The molecule has 8 heteroatoms. The summed E-state index contributed by atoms with van der Waals surface area (Å²) in [5.74, 6) is 2.01. The van der Waals surface area contributed by atoms with Gasteiger partial charge >= 0.3 is 0 Å². The van der Waals surface area contributed by atoms with Crippen LogP contribution in [0.25, 0.3) is 0 Å². The summed E-state index contributed by atoms with van der Waals surface area (Å²) < 4.78 is 3.86. The van der Waals surface area contributed by atoms with Crippen LogP contribution in [-0.4, -0.2) is 53.4 Å². The van der Waals surface area contributed by atoms with Crippen molar-refractivity contribution in [3.63, 3.8) is 0 Å². The zero-order valence-corrected chi connectivity index (χ0v) is 15.6. The summed E-state index contributed by atoms with van der Waals surface area (Å²) in [7, 11) is 1.98. The van der Waals surface area contributed by atoms with E-state index < -0.39 is 0 Å². The van der Waals surface area contributed by atoms with Gasteiger partial charge in [0, 0.05) is 50.3 Å². The molecule has 0 unspecified atom stereocenters. The molecule has 0 aliphatic carbocycles. The van der Waals surface area contributed by atoms with Crippen LogP contribution in [0.4, 0.5) is 0 Å². The average Bonchev–Trinajstić information content (AvgIpc) is 3.33. The number of carbonyl (C=O) groups excluding carboxylic acids is 1. The second-order valence-corrected chi connectivity index (χ2v) is 7.02. The Hall–Kier alpha value is -3.03. The number of hydrogen-bond acceptors (Lipinski definition) is 5. The Morgan fingerprint density at radius 1 is 1.30 bits per heavy atom. The predicted molar refractivity (Wildman–Crippen MR) is 99.2 cm³/mol. The molecular formula is C19H23N7O. The van der Waals surface area contributed by atoms with Crippen LogP contribution in [0.1, 0.15) is 46.5 Å². The molecule has 0 bridgehead atoms. The molecule has 0 aromatic carbocycles. The maximum atomic E-state index is 12.8. The molecule has 1 aliphatic rings. The minimum Gasteiger partial charge on any atom is -0.338 e. The Morgan fingerprint density at radius 3 is 2.93 bits per heavy atom. The molecule has 4 rings (SSSR count). The molecule has 0 spiro atoms. The van der Waals surface area contributed by atoms with E-state index in [-0.39, 0.29) is 11.8 Å². The number of pyridine rings is 1. The first-order valence-corrected chi connectivity index (χ1v) is 9.19. The van der Waals surface area contributed by atoms with Gasteiger partial charge < -0.3 is 9.47 Å². The fraction of sp³-hybridized carbons (Fsp3) is 0.421. The monoisotopic (exact) mass is 365 g/mol. The molecule has 0 radical (unpaired) electrons. The van der Waals surface area contributed by atoms with Crippen LogP contribution in [0.5, 0.6) is 0 Å². The van der Waals surface area contributed by atoms with Crippen molar-refractivity contribution < 1.29 is 4.79 Å². The Kier molecular flexibility index (Phi) is 4.70. The minimum absolute atomic E-state index is 0.0335. The summed E-state index contributed by atoms with van der Waals surface area (Å²) in [6.07, 6.45) is 7.28. The highest BCUT2D eigenvalue weighted by molar-refractivity contribution is 5.94. The van der Waals surface area contributed by atoms with E-state index in [4.69, 9.17) is 0 Å². The largest absolute Gasteiger partial charge is 0.338 e. The van der Waals surface area contributed by atoms with Gasteiger partial charge in [-0.25, -0.2) is 0 Å². The van der Waals surface area contributed by atoms with E-state index in [0.717, 1.165) is 36.7 Å². The number of likely N-dealkylation sites (tertiary alicyclic amines) is 1. The smallest absolute Gasteiger partial charge is 0.255 e. The first-order valence-electron chi connectivity index (χ1n) is 9.19. The number of piperidine rings is 1. The highest BCUT2D eigenvalue weighted by Crippen LogP contribution is 2.26. The summed E-state index contributed by atoms with van der Waals surface area (Å²) in [5, 5.41) is 13.0. The van der Waals surface area contributed by atoms with Crippen LogP contribution in [0.3, 0.4) is 0 Å². The molecule has 8 nitrogen and oxygen atoms in total. The lowest BCUT2D eigenvalue weighted by Crippen LogP contribution is -2.39. The molecule has 1 aliphatic heterocycles. The third kappa shape index (κ3) is 3.60. The third-order valence-corrected chi connectivity index (χ3v) is 5.09. The van der Waals surface area contributed by atoms with Crippen molar-refractivity contribution >= 4 is 5.91 Å². The molecule has 27 heavy (non-hydrogen) atoms. The summed E-state index contributed by atoms with van der Waals surface area (Å²) in [6, 6.07) is 5.61. The number of aromatic nitrogens is 6. The molecule has 140 valence electrons. The van der Waals surface area contributed by atoms with E-state index in [9.17, 15) is 4.79 Å². The van der Waals surface area contributed by atoms with E-state index in [0.29, 0.717) is 18.7 Å². The van der Waals surface area contributed by atoms with Crippen molar-refractivity contribution in [2.75, 3.05) is 13.1 Å². The van der Waals surface area contributed by atoms with Crippen LogP contribution in [-0.2, 0) is 13.6 Å². The van der Waals surface area contributed by atoms with E-state index in [2.05, 4.69) is 20.3 Å². The molecule has 4 heterocycles. The van der Waals surface area contributed by atoms with Gasteiger partial charge in [0.05, 0.1) is 5.56 Å². The SMILES string of the molecule is Cc1ccc(C(=O)N2CCC[C@@H](c3nnc(Cn4cccn4)n3C)C2)cn1. The summed E-state index contributed by atoms with van der Waals surface area (Å²) in [5.41, 5.74) is 1.55. The predicted octanol–water partition coefficient (Wildman–Crippen LogP) is 1.78. The standard InChI is InChI=1S/C19H23N7O/c1-14-6-7-15(11-20-14)19(27)25-9-3-5-16(12-25)18-23-22-17(24(18)2)13-26-10-4-8-21-26/h4,6-8,10-11,16H,3,5,9,12-13H2,1-2H3/t16-/m1/s1. The quantitative estimate of drug-likeness (QED) is 0.704. The van der Waals surface area contributed by atoms with Crippen molar-refractivity contribution in [1.29, 1.82) is 0 Å². The zero-order chi connectivity index (χ0) is 18.8. The summed E-state index contributed by atoms with van der Waals surface area (Å²) in [6.45, 7) is 3.92. The number of carbonyl (C=O) groups is 1. The van der Waals surface area contributed by atoms with Gasteiger partial charge in [0.1, 0.15) is 12.4 Å². The highest BCUT2D eigenvalue weighted by Gasteiger charge is 2.29. The lowest BCUT2D eigenvalue weighted by atomic mass is 9.96. The van der Waals surface area contributed by atoms with E-state index in [1.807, 2.05) is 52.5 Å². The maximum absolute atomic E-state index is 12.8. The normalized spacial score (nSPS) is 17.3. The van der Waals surface area contributed by atoms with E-state index in [1.165, 1.54) is 0 Å². The van der Waals surface area contributed by atoms with Gasteiger partial charge in [-0.05, 0) is 38.0 Å². The maximum Gasteiger partial charge on any atom is 0.255 e. The van der Waals surface area contributed by atoms with Gasteiger partial charge in [-0.1, -0.05) is 0 Å². The van der Waals surface area contributed by atoms with Crippen LogP contribution < -0.4 is 0 Å². The fourth-order valence-corrected chi connectivity index (χ4v) is 3.56. The molecule has 3 aromatic rings. The molecule has 1 saturated heterocycles. The van der Waals surface area contributed by atoms with Gasteiger partial charge in [0.2, 0.25) is 0 Å². The molecule has 1 fully saturated rings. The lowest BCUT2D eigenvalue weighted by Gasteiger charge is -2.32. The van der Waals surface area contributed by atoms with Crippen molar-refractivity contribution in [3.8, 4) is 0 Å². The molecule has 1 amide bonds. The van der Waals surface area contributed by atoms with Gasteiger partial charge in [-0.15, -0.1) is 10.2 Å². The van der Waals surface area contributed by atoms with Gasteiger partial charge in [-0.3, -0.25) is 14.5 Å². The summed E-state index contributed by atoms with van der Waals surface area (Å²) in [4.78, 5) is 19.0. The highest BCUT2D eigenvalue weighted by atomic mass is 16.2. The van der Waals surface area contributed by atoms with Gasteiger partial charge in [0.15, 0.2) is 5.82 Å². The Balaban J connectivity index is 1.49. The first-order chi connectivity index (χ1) is 13.1. The fourth-order valence-electron chi connectivity index (χ4n) is 3.56. The third-order valence-electron chi connectivity index (χ3n) is 5.09. The van der Waals surface area contributed by atoms with E-state index >= 15 is 0 Å². The van der Waals surface area contributed by atoms with Crippen molar-refractivity contribution in [2.24, 2.45) is 7.05 Å². The second-order valence-electron chi connectivity index (χ2n) is 7.02. The minimum atomic E-state index is 0.0335. The van der Waals surface area contributed by atoms with Crippen molar-refractivity contribution in [2.45, 2.75) is 32.2 Å². The number of rotatable bonds is 4. The Morgan fingerprint density at radius 2 is 2.19 bits per heavy atom.